The van der Waals surface area contributed by atoms with Crippen molar-refractivity contribution >= 4 is 23.6 Å². The molecular formula is C11H15NO4S. The van der Waals surface area contributed by atoms with Gasteiger partial charge >= 0.3 is 5.97 Å². The molecule has 0 fully saturated rings. The molecule has 0 spiro atoms. The number of carbonyl (C=O) groups excluding carboxylic acids is 1. The number of carboxylic acids is 1. The summed E-state index contributed by atoms with van der Waals surface area (Å²) < 4.78 is 5.04. The second-order valence-corrected chi connectivity index (χ2v) is 4.26. The quantitative estimate of drug-likeness (QED) is 0.788. The number of hydrogen-bond donors (Lipinski definition) is 1. The van der Waals surface area contributed by atoms with Crippen molar-refractivity contribution in [2.75, 3.05) is 18.8 Å². The summed E-state index contributed by atoms with van der Waals surface area (Å²) in [5.41, 5.74) is 0. The van der Waals surface area contributed by atoms with Gasteiger partial charge in [0.05, 0.1) is 5.75 Å². The van der Waals surface area contributed by atoms with Crippen LogP contribution in [0.15, 0.2) is 21.6 Å². The first kappa shape index (κ1) is 13.6. The van der Waals surface area contributed by atoms with Crippen molar-refractivity contribution in [1.82, 2.24) is 4.90 Å². The average molecular weight is 257 g/mol. The SMILES string of the molecule is CCN(CC)C(=O)CSc1ccc(C(=O)O)o1. The van der Waals surface area contributed by atoms with Gasteiger partial charge in [-0.25, -0.2) is 4.79 Å². The van der Waals surface area contributed by atoms with E-state index in [1.54, 1.807) is 11.0 Å². The monoisotopic (exact) mass is 257 g/mol. The largest absolute Gasteiger partial charge is 0.475 e. The highest BCUT2D eigenvalue weighted by Gasteiger charge is 2.13. The molecule has 94 valence electrons. The molecule has 0 saturated heterocycles. The fourth-order valence-electron chi connectivity index (χ4n) is 1.31. The molecule has 1 N–H and O–H groups in total. The molecule has 0 aliphatic heterocycles. The number of nitrogens with zero attached hydrogens (tertiary/aromatic N) is 1. The van der Waals surface area contributed by atoms with E-state index in [4.69, 9.17) is 9.52 Å². The molecule has 0 unspecified atom stereocenters. The molecule has 0 aliphatic rings. The van der Waals surface area contributed by atoms with E-state index in [9.17, 15) is 9.59 Å². The van der Waals surface area contributed by atoms with E-state index >= 15 is 0 Å². The van der Waals surface area contributed by atoms with Crippen molar-refractivity contribution in [3.05, 3.63) is 17.9 Å². The van der Waals surface area contributed by atoms with Crippen LogP contribution < -0.4 is 0 Å². The fourth-order valence-corrected chi connectivity index (χ4v) is 2.07. The molecule has 0 saturated carbocycles. The molecular weight excluding hydrogens is 242 g/mol. The van der Waals surface area contributed by atoms with Gasteiger partial charge in [-0.05, 0) is 26.0 Å². The lowest BCUT2D eigenvalue weighted by Crippen LogP contribution is -2.31. The van der Waals surface area contributed by atoms with Crippen LogP contribution >= 0.6 is 11.8 Å². The zero-order valence-electron chi connectivity index (χ0n) is 9.80. The number of carboxylic acid groups (broad SMARTS) is 1. The van der Waals surface area contributed by atoms with Crippen LogP contribution in [-0.2, 0) is 4.79 Å². The van der Waals surface area contributed by atoms with Crippen molar-refractivity contribution in [3.63, 3.8) is 0 Å². The second kappa shape index (κ2) is 6.34. The minimum Gasteiger partial charge on any atom is -0.475 e. The Kier molecular flexibility index (Phi) is 5.09. The first-order valence-electron chi connectivity index (χ1n) is 5.32. The van der Waals surface area contributed by atoms with Gasteiger partial charge in [0, 0.05) is 13.1 Å². The van der Waals surface area contributed by atoms with Gasteiger partial charge in [0.15, 0.2) is 5.09 Å². The lowest BCUT2D eigenvalue weighted by molar-refractivity contribution is -0.127. The first-order valence-corrected chi connectivity index (χ1v) is 6.30. The maximum Gasteiger partial charge on any atom is 0.371 e. The standard InChI is InChI=1S/C11H15NO4S/c1-3-12(4-2)9(13)7-17-10-6-5-8(16-10)11(14)15/h5-6H,3-4,7H2,1-2H3,(H,14,15). The molecule has 5 nitrogen and oxygen atoms in total. The zero-order chi connectivity index (χ0) is 12.8. The second-order valence-electron chi connectivity index (χ2n) is 3.28. The molecule has 0 bridgehead atoms. The van der Waals surface area contributed by atoms with Gasteiger partial charge < -0.3 is 14.4 Å². The van der Waals surface area contributed by atoms with Crippen molar-refractivity contribution < 1.29 is 19.1 Å². The van der Waals surface area contributed by atoms with Crippen LogP contribution in [0.4, 0.5) is 0 Å². The van der Waals surface area contributed by atoms with Gasteiger partial charge in [-0.3, -0.25) is 4.79 Å². The van der Waals surface area contributed by atoms with Crippen molar-refractivity contribution in [2.24, 2.45) is 0 Å². The molecule has 1 aromatic rings. The van der Waals surface area contributed by atoms with Gasteiger partial charge in [0.1, 0.15) is 0 Å². The van der Waals surface area contributed by atoms with E-state index in [1.807, 2.05) is 13.8 Å². The molecule has 6 heteroatoms. The molecule has 1 aromatic heterocycles. The van der Waals surface area contributed by atoms with Crippen LogP contribution in [0.3, 0.4) is 0 Å². The summed E-state index contributed by atoms with van der Waals surface area (Å²) in [6, 6.07) is 2.94. The fraction of sp³-hybridized carbons (Fsp3) is 0.455. The van der Waals surface area contributed by atoms with E-state index in [0.29, 0.717) is 18.2 Å². The lowest BCUT2D eigenvalue weighted by atomic mass is 10.5. The van der Waals surface area contributed by atoms with Crippen LogP contribution in [0.1, 0.15) is 24.4 Å². The number of furan rings is 1. The van der Waals surface area contributed by atoms with Crippen molar-refractivity contribution in [1.29, 1.82) is 0 Å². The first-order chi connectivity index (χ1) is 8.08. The van der Waals surface area contributed by atoms with Gasteiger partial charge in [-0.1, -0.05) is 11.8 Å². The number of thioether (sulfide) groups is 1. The number of aromatic carboxylic acids is 1. The number of rotatable bonds is 6. The third kappa shape index (κ3) is 3.81. The molecule has 1 amide bonds. The highest BCUT2D eigenvalue weighted by atomic mass is 32.2. The average Bonchev–Trinajstić information content (AvgIpc) is 2.76. The van der Waals surface area contributed by atoms with E-state index in [0.717, 1.165) is 0 Å². The summed E-state index contributed by atoms with van der Waals surface area (Å²) in [4.78, 5) is 24.0. The van der Waals surface area contributed by atoms with Crippen LogP contribution in [0.5, 0.6) is 0 Å². The summed E-state index contributed by atoms with van der Waals surface area (Å²) >= 11 is 1.20. The number of amides is 1. The highest BCUT2D eigenvalue weighted by molar-refractivity contribution is 7.99. The Bertz CT molecular complexity index is 398. The smallest absolute Gasteiger partial charge is 0.371 e. The van der Waals surface area contributed by atoms with Crippen molar-refractivity contribution in [2.45, 2.75) is 18.9 Å². The lowest BCUT2D eigenvalue weighted by Gasteiger charge is -2.17. The maximum absolute atomic E-state index is 11.7. The predicted molar refractivity (Wildman–Crippen MR) is 64.3 cm³/mol. The normalized spacial score (nSPS) is 10.2. The number of hydrogen-bond acceptors (Lipinski definition) is 4. The Morgan fingerprint density at radius 2 is 2.00 bits per heavy atom. The van der Waals surface area contributed by atoms with Crippen LogP contribution in [0, 0.1) is 0 Å². The highest BCUT2D eigenvalue weighted by Crippen LogP contribution is 2.21. The topological polar surface area (TPSA) is 70.8 Å². The van der Waals surface area contributed by atoms with E-state index in [1.165, 1.54) is 17.8 Å². The molecule has 0 aliphatic carbocycles. The minimum absolute atomic E-state index is 0.0216. The van der Waals surface area contributed by atoms with Gasteiger partial charge in [0.2, 0.25) is 11.7 Å². The number of carbonyl (C=O) groups is 2. The Balaban J connectivity index is 2.49. The molecule has 0 aromatic carbocycles. The summed E-state index contributed by atoms with van der Waals surface area (Å²) in [7, 11) is 0. The van der Waals surface area contributed by atoms with Crippen LogP contribution in [0.2, 0.25) is 0 Å². The predicted octanol–water partition coefficient (Wildman–Crippen LogP) is 1.94. The van der Waals surface area contributed by atoms with E-state index in [2.05, 4.69) is 0 Å². The van der Waals surface area contributed by atoms with Gasteiger partial charge in [-0.15, -0.1) is 0 Å². The molecule has 0 atom stereocenters. The van der Waals surface area contributed by atoms with Crippen LogP contribution in [0.25, 0.3) is 0 Å². The summed E-state index contributed by atoms with van der Waals surface area (Å²) in [6.07, 6.45) is 0. The van der Waals surface area contributed by atoms with Crippen molar-refractivity contribution in [3.8, 4) is 0 Å². The summed E-state index contributed by atoms with van der Waals surface area (Å²) in [5.74, 6) is -0.933. The molecule has 1 rings (SSSR count). The zero-order valence-corrected chi connectivity index (χ0v) is 10.6. The van der Waals surface area contributed by atoms with Gasteiger partial charge in [0.25, 0.3) is 0 Å². The maximum atomic E-state index is 11.7. The molecule has 0 radical (unpaired) electrons. The van der Waals surface area contributed by atoms with E-state index in [-0.39, 0.29) is 17.4 Å². The Morgan fingerprint density at radius 1 is 1.35 bits per heavy atom. The van der Waals surface area contributed by atoms with Gasteiger partial charge in [-0.2, -0.15) is 0 Å². The minimum atomic E-state index is -1.10. The summed E-state index contributed by atoms with van der Waals surface area (Å²) in [6.45, 7) is 5.19. The Morgan fingerprint density at radius 3 is 2.47 bits per heavy atom. The van der Waals surface area contributed by atoms with E-state index < -0.39 is 5.97 Å². The molecule has 17 heavy (non-hydrogen) atoms. The summed E-state index contributed by atoms with van der Waals surface area (Å²) in [5, 5.41) is 9.11. The molecule has 1 heterocycles. The third-order valence-electron chi connectivity index (χ3n) is 2.25. The Labute approximate surface area is 104 Å². The Hall–Kier alpha value is -1.43. The third-order valence-corrected chi connectivity index (χ3v) is 3.14. The van der Waals surface area contributed by atoms with Crippen LogP contribution in [-0.4, -0.2) is 40.7 Å².